The van der Waals surface area contributed by atoms with Crippen LogP contribution in [0.25, 0.3) is 0 Å². The quantitative estimate of drug-likeness (QED) is 0.489. The van der Waals surface area contributed by atoms with Crippen LogP contribution in [-0.4, -0.2) is 46.4 Å². The average molecular weight is 486 g/mol. The number of carbonyl (C=O) groups excluding carboxylic acids is 1. The first-order valence-corrected chi connectivity index (χ1v) is 12.4. The lowest BCUT2D eigenvalue weighted by atomic mass is 10.1. The van der Waals surface area contributed by atoms with Crippen LogP contribution >= 0.6 is 11.6 Å². The zero-order chi connectivity index (χ0) is 24.0. The van der Waals surface area contributed by atoms with Crippen molar-refractivity contribution in [2.24, 2.45) is 0 Å². The second kappa shape index (κ2) is 10.8. The van der Waals surface area contributed by atoms with Gasteiger partial charge in [0.1, 0.15) is 0 Å². The number of nitrogens with one attached hydrogen (secondary N) is 1. The van der Waals surface area contributed by atoms with Crippen LogP contribution in [0.5, 0.6) is 0 Å². The minimum atomic E-state index is -3.85. The number of sulfonamides is 1. The summed E-state index contributed by atoms with van der Waals surface area (Å²) in [6.45, 7) is 3.24. The Morgan fingerprint density at radius 3 is 2.27 bits per heavy atom. The Balaban J connectivity index is 1.90. The van der Waals surface area contributed by atoms with Crippen LogP contribution in [0.1, 0.15) is 21.5 Å². The van der Waals surface area contributed by atoms with E-state index in [-0.39, 0.29) is 17.3 Å². The van der Waals surface area contributed by atoms with Crippen molar-refractivity contribution in [3.05, 3.63) is 94.5 Å². The van der Waals surface area contributed by atoms with Crippen LogP contribution in [0.3, 0.4) is 0 Å². The topological polar surface area (TPSA) is 69.7 Å². The number of nitrogens with zero attached hydrogens (tertiary/aromatic N) is 2. The normalized spacial score (nSPS) is 11.4. The Morgan fingerprint density at radius 2 is 1.64 bits per heavy atom. The van der Waals surface area contributed by atoms with E-state index in [4.69, 9.17) is 11.6 Å². The molecule has 0 bridgehead atoms. The lowest BCUT2D eigenvalue weighted by Crippen LogP contribution is -2.32. The molecule has 3 rings (SSSR count). The summed E-state index contributed by atoms with van der Waals surface area (Å²) in [6.07, 6.45) is 0. The molecule has 0 atom stereocenters. The molecule has 0 fully saturated rings. The molecule has 0 aromatic heterocycles. The van der Waals surface area contributed by atoms with Gasteiger partial charge in [-0.15, -0.1) is 0 Å². The Morgan fingerprint density at radius 1 is 0.970 bits per heavy atom. The van der Waals surface area contributed by atoms with Crippen molar-refractivity contribution in [2.75, 3.05) is 31.5 Å². The van der Waals surface area contributed by atoms with Gasteiger partial charge in [0.05, 0.1) is 17.1 Å². The minimum absolute atomic E-state index is 0.0982. The van der Waals surface area contributed by atoms with Crippen LogP contribution in [0.15, 0.2) is 77.7 Å². The van der Waals surface area contributed by atoms with Crippen LogP contribution in [0.4, 0.5) is 5.69 Å². The average Bonchev–Trinajstić information content (AvgIpc) is 2.80. The van der Waals surface area contributed by atoms with Crippen LogP contribution in [-0.2, 0) is 16.6 Å². The molecular weight excluding hydrogens is 458 g/mol. The molecule has 0 aliphatic carbocycles. The predicted molar refractivity (Wildman–Crippen MR) is 133 cm³/mol. The summed E-state index contributed by atoms with van der Waals surface area (Å²) in [6, 6.07) is 20.5. The monoisotopic (exact) mass is 485 g/mol. The Kier molecular flexibility index (Phi) is 8.13. The van der Waals surface area contributed by atoms with E-state index in [1.165, 1.54) is 4.31 Å². The van der Waals surface area contributed by atoms with E-state index in [1.54, 1.807) is 72.8 Å². The number of benzene rings is 3. The molecule has 0 unspecified atom stereocenters. The molecule has 3 aromatic rings. The fourth-order valence-corrected chi connectivity index (χ4v) is 4.99. The maximum Gasteiger partial charge on any atom is 0.264 e. The van der Waals surface area contributed by atoms with Crippen molar-refractivity contribution in [1.29, 1.82) is 0 Å². The van der Waals surface area contributed by atoms with Gasteiger partial charge in [-0.2, -0.15) is 0 Å². The molecule has 0 radical (unpaired) electrons. The lowest BCUT2D eigenvalue weighted by molar-refractivity contribution is 0.0951. The maximum atomic E-state index is 13.6. The van der Waals surface area contributed by atoms with Gasteiger partial charge in [0.2, 0.25) is 0 Å². The number of halogens is 1. The van der Waals surface area contributed by atoms with Crippen LogP contribution in [0.2, 0.25) is 5.02 Å². The minimum Gasteiger partial charge on any atom is -0.351 e. The highest BCUT2D eigenvalue weighted by Gasteiger charge is 2.26. The van der Waals surface area contributed by atoms with Gasteiger partial charge < -0.3 is 10.2 Å². The van der Waals surface area contributed by atoms with Gasteiger partial charge in [-0.3, -0.25) is 9.10 Å². The van der Waals surface area contributed by atoms with Crippen molar-refractivity contribution in [2.45, 2.75) is 18.4 Å². The summed E-state index contributed by atoms with van der Waals surface area (Å²) in [5.41, 5.74) is 2.57. The van der Waals surface area contributed by atoms with Gasteiger partial charge in [-0.25, -0.2) is 8.42 Å². The van der Waals surface area contributed by atoms with Gasteiger partial charge in [0, 0.05) is 23.7 Å². The van der Waals surface area contributed by atoms with E-state index in [0.29, 0.717) is 22.8 Å². The molecule has 6 nitrogen and oxygen atoms in total. The highest BCUT2D eigenvalue weighted by atomic mass is 35.5. The number of likely N-dealkylation sites (N-methyl/N-ethyl adjacent to an activating group) is 1. The maximum absolute atomic E-state index is 13.6. The molecule has 1 N–H and O–H groups in total. The van der Waals surface area contributed by atoms with Crippen LogP contribution < -0.4 is 9.62 Å². The molecule has 0 saturated carbocycles. The molecule has 0 aliphatic rings. The predicted octanol–water partition coefficient (Wildman–Crippen LogP) is 4.34. The number of hydrogen-bond acceptors (Lipinski definition) is 4. The van der Waals surface area contributed by atoms with E-state index in [0.717, 1.165) is 17.7 Å². The zero-order valence-electron chi connectivity index (χ0n) is 19.0. The highest BCUT2D eigenvalue weighted by molar-refractivity contribution is 7.92. The van der Waals surface area contributed by atoms with Crippen molar-refractivity contribution < 1.29 is 13.2 Å². The van der Waals surface area contributed by atoms with Crippen molar-refractivity contribution in [1.82, 2.24) is 10.2 Å². The Hall–Kier alpha value is -2.87. The highest BCUT2D eigenvalue weighted by Crippen LogP contribution is 2.31. The summed E-state index contributed by atoms with van der Waals surface area (Å²) in [4.78, 5) is 14.5. The van der Waals surface area contributed by atoms with Gasteiger partial charge in [0.25, 0.3) is 15.9 Å². The van der Waals surface area contributed by atoms with Crippen LogP contribution in [0, 0.1) is 6.92 Å². The van der Waals surface area contributed by atoms with E-state index >= 15 is 0 Å². The molecule has 3 aromatic carbocycles. The first-order valence-electron chi connectivity index (χ1n) is 10.5. The van der Waals surface area contributed by atoms with Crippen molar-refractivity contribution in [3.8, 4) is 0 Å². The zero-order valence-corrected chi connectivity index (χ0v) is 20.5. The van der Waals surface area contributed by atoms with Gasteiger partial charge in [-0.1, -0.05) is 48.0 Å². The molecule has 0 spiro atoms. The van der Waals surface area contributed by atoms with E-state index in [1.807, 2.05) is 25.9 Å². The standard InChI is InChI=1S/C25H28ClN3O3S/c1-19-9-14-22(26)17-24(19)29(33(31,32)23-7-5-4-6-8-23)18-20-10-12-21(13-11-20)25(30)27-15-16-28(2)3/h4-14,17H,15-16,18H2,1-3H3,(H,27,30). The smallest absolute Gasteiger partial charge is 0.264 e. The number of anilines is 1. The third kappa shape index (κ3) is 6.35. The van der Waals surface area contributed by atoms with Crippen molar-refractivity contribution in [3.63, 3.8) is 0 Å². The summed E-state index contributed by atoms with van der Waals surface area (Å²) in [5, 5.41) is 3.33. The Bertz CT molecular complexity index is 1200. The largest absolute Gasteiger partial charge is 0.351 e. The number of amides is 1. The van der Waals surface area contributed by atoms with E-state index in [2.05, 4.69) is 5.32 Å². The molecular formula is C25H28ClN3O3S. The number of hydrogen-bond donors (Lipinski definition) is 1. The molecule has 174 valence electrons. The van der Waals surface area contributed by atoms with Crippen molar-refractivity contribution >= 4 is 33.2 Å². The molecule has 0 heterocycles. The fourth-order valence-electron chi connectivity index (χ4n) is 3.29. The Labute approximate surface area is 200 Å². The number of aryl methyl sites for hydroxylation is 1. The molecule has 0 aliphatic heterocycles. The molecule has 0 saturated heterocycles. The fraction of sp³-hybridized carbons (Fsp3) is 0.240. The summed E-state index contributed by atoms with van der Waals surface area (Å²) in [7, 11) is 0.0371. The molecule has 33 heavy (non-hydrogen) atoms. The van der Waals surface area contributed by atoms with Gasteiger partial charge in [-0.05, 0) is 68.5 Å². The van der Waals surface area contributed by atoms with E-state index < -0.39 is 10.0 Å². The summed E-state index contributed by atoms with van der Waals surface area (Å²) < 4.78 is 28.5. The summed E-state index contributed by atoms with van der Waals surface area (Å²) >= 11 is 6.21. The molecule has 1 amide bonds. The summed E-state index contributed by atoms with van der Waals surface area (Å²) in [5.74, 6) is -0.164. The van der Waals surface area contributed by atoms with Gasteiger partial charge in [0.15, 0.2) is 0 Å². The first kappa shape index (κ1) is 24.8. The first-order chi connectivity index (χ1) is 15.7. The van der Waals surface area contributed by atoms with Gasteiger partial charge >= 0.3 is 0 Å². The number of carbonyl (C=O) groups is 1. The lowest BCUT2D eigenvalue weighted by Gasteiger charge is -2.26. The third-order valence-corrected chi connectivity index (χ3v) is 7.17. The second-order valence-corrected chi connectivity index (χ2v) is 10.3. The van der Waals surface area contributed by atoms with E-state index in [9.17, 15) is 13.2 Å². The SMILES string of the molecule is Cc1ccc(Cl)cc1N(Cc1ccc(C(=O)NCCN(C)C)cc1)S(=O)(=O)c1ccccc1. The third-order valence-electron chi connectivity index (χ3n) is 5.16. The number of rotatable bonds is 9. The second-order valence-electron chi connectivity index (χ2n) is 8.01. The molecule has 8 heteroatoms.